The first-order valence-corrected chi connectivity index (χ1v) is 5.66. The Hall–Kier alpha value is -0.580. The number of aliphatic carboxylic acids is 1. The van der Waals surface area contributed by atoms with E-state index in [-0.39, 0.29) is 5.75 Å². The second-order valence-corrected chi connectivity index (χ2v) is 4.46. The highest BCUT2D eigenvalue weighted by atomic mass is 35.5. The van der Waals surface area contributed by atoms with E-state index < -0.39 is 5.97 Å². The van der Waals surface area contributed by atoms with Crippen LogP contribution in [0.5, 0.6) is 5.75 Å². The van der Waals surface area contributed by atoms with Gasteiger partial charge in [0.2, 0.25) is 0 Å². The lowest BCUT2D eigenvalue weighted by Crippen LogP contribution is -1.98. The highest BCUT2D eigenvalue weighted by molar-refractivity contribution is 8.00. The molecule has 0 aliphatic heterocycles. The van der Waals surface area contributed by atoms with Gasteiger partial charge in [-0.3, -0.25) is 4.79 Å². The van der Waals surface area contributed by atoms with Gasteiger partial charge in [0.15, 0.2) is 5.75 Å². The zero-order chi connectivity index (χ0) is 11.4. The van der Waals surface area contributed by atoms with Crippen molar-refractivity contribution >= 4 is 40.9 Å². The lowest BCUT2D eigenvalue weighted by molar-refractivity contribution is -0.133. The highest BCUT2D eigenvalue weighted by Gasteiger charge is 2.11. The molecule has 1 aromatic carbocycles. The van der Waals surface area contributed by atoms with Gasteiger partial charge in [-0.15, -0.1) is 11.8 Å². The predicted octanol–water partition coefficient (Wildman–Crippen LogP) is 3.18. The van der Waals surface area contributed by atoms with E-state index >= 15 is 0 Å². The zero-order valence-electron chi connectivity index (χ0n) is 7.79. The van der Waals surface area contributed by atoms with Gasteiger partial charge in [0, 0.05) is 5.02 Å². The van der Waals surface area contributed by atoms with Crippen LogP contribution in [0.4, 0.5) is 0 Å². The average molecular weight is 267 g/mol. The van der Waals surface area contributed by atoms with Crippen LogP contribution in [-0.4, -0.2) is 23.9 Å². The van der Waals surface area contributed by atoms with Crippen LogP contribution >= 0.6 is 35.0 Å². The summed E-state index contributed by atoms with van der Waals surface area (Å²) in [5, 5.41) is 9.37. The van der Waals surface area contributed by atoms with E-state index in [1.807, 2.05) is 0 Å². The minimum atomic E-state index is -0.904. The molecular weight excluding hydrogens is 259 g/mol. The topological polar surface area (TPSA) is 46.5 Å². The maximum absolute atomic E-state index is 10.4. The lowest BCUT2D eigenvalue weighted by atomic mass is 10.3. The summed E-state index contributed by atoms with van der Waals surface area (Å²) in [6.07, 6.45) is 0. The summed E-state index contributed by atoms with van der Waals surface area (Å²) in [5.41, 5.74) is 0. The van der Waals surface area contributed by atoms with Crippen LogP contribution in [0.3, 0.4) is 0 Å². The molecule has 0 fully saturated rings. The summed E-state index contributed by atoms with van der Waals surface area (Å²) in [6, 6.07) is 3.17. The molecule has 1 aromatic rings. The van der Waals surface area contributed by atoms with E-state index in [0.717, 1.165) is 11.8 Å². The van der Waals surface area contributed by atoms with Crippen LogP contribution in [-0.2, 0) is 4.79 Å². The first-order chi connectivity index (χ1) is 7.04. The van der Waals surface area contributed by atoms with Crippen molar-refractivity contribution in [3.05, 3.63) is 22.2 Å². The van der Waals surface area contributed by atoms with Crippen molar-refractivity contribution in [3.8, 4) is 5.75 Å². The van der Waals surface area contributed by atoms with Crippen molar-refractivity contribution in [3.63, 3.8) is 0 Å². The van der Waals surface area contributed by atoms with Gasteiger partial charge in [-0.2, -0.15) is 0 Å². The minimum absolute atomic E-state index is 0.0625. The fraction of sp³-hybridized carbons (Fsp3) is 0.222. The van der Waals surface area contributed by atoms with Crippen LogP contribution in [0.15, 0.2) is 17.0 Å². The number of ether oxygens (including phenoxy) is 1. The number of thioether (sulfide) groups is 1. The van der Waals surface area contributed by atoms with Gasteiger partial charge in [-0.05, 0) is 12.1 Å². The largest absolute Gasteiger partial charge is 0.494 e. The zero-order valence-corrected chi connectivity index (χ0v) is 10.1. The molecule has 82 valence electrons. The first kappa shape index (κ1) is 12.5. The molecule has 0 atom stereocenters. The van der Waals surface area contributed by atoms with E-state index in [1.54, 1.807) is 12.1 Å². The van der Waals surface area contributed by atoms with Crippen LogP contribution in [0.2, 0.25) is 10.0 Å². The molecule has 0 unspecified atom stereocenters. The van der Waals surface area contributed by atoms with E-state index in [4.69, 9.17) is 33.0 Å². The molecule has 0 amide bonds. The summed E-state index contributed by atoms with van der Waals surface area (Å²) in [5.74, 6) is -0.516. The standard InChI is InChI=1S/C9H8Cl2O3S/c1-14-9-6(11)2-5(10)3-7(9)15-4-8(12)13/h2-3H,4H2,1H3,(H,12,13). The Morgan fingerprint density at radius 1 is 1.53 bits per heavy atom. The Bertz CT molecular complexity index is 382. The number of carboxylic acid groups (broad SMARTS) is 1. The second-order valence-electron chi connectivity index (χ2n) is 2.60. The van der Waals surface area contributed by atoms with E-state index in [2.05, 4.69) is 0 Å². The number of halogens is 2. The van der Waals surface area contributed by atoms with Crippen LogP contribution in [0, 0.1) is 0 Å². The third-order valence-corrected chi connectivity index (χ3v) is 3.03. The summed E-state index contributed by atoms with van der Waals surface area (Å²) >= 11 is 12.8. The van der Waals surface area contributed by atoms with Gasteiger partial charge >= 0.3 is 5.97 Å². The van der Waals surface area contributed by atoms with Crippen molar-refractivity contribution in [1.82, 2.24) is 0 Å². The summed E-state index contributed by atoms with van der Waals surface area (Å²) in [7, 11) is 1.47. The molecule has 0 saturated heterocycles. The molecule has 1 rings (SSSR count). The predicted molar refractivity (Wildman–Crippen MR) is 61.4 cm³/mol. The van der Waals surface area contributed by atoms with Gasteiger partial charge in [0.05, 0.1) is 22.8 Å². The number of methoxy groups -OCH3 is 1. The third-order valence-electron chi connectivity index (χ3n) is 1.53. The van der Waals surface area contributed by atoms with Gasteiger partial charge in [-0.25, -0.2) is 0 Å². The SMILES string of the molecule is COc1c(Cl)cc(Cl)cc1SCC(=O)O. The maximum Gasteiger partial charge on any atom is 0.313 e. The molecule has 0 spiro atoms. The van der Waals surface area contributed by atoms with Crippen molar-refractivity contribution in [2.75, 3.05) is 12.9 Å². The fourth-order valence-corrected chi connectivity index (χ4v) is 2.49. The van der Waals surface area contributed by atoms with Crippen molar-refractivity contribution in [1.29, 1.82) is 0 Å². The Morgan fingerprint density at radius 2 is 2.20 bits per heavy atom. The van der Waals surface area contributed by atoms with Crippen LogP contribution < -0.4 is 4.74 Å². The maximum atomic E-state index is 10.4. The molecular formula is C9H8Cl2O3S. The highest BCUT2D eigenvalue weighted by Crippen LogP contribution is 2.38. The molecule has 0 aliphatic carbocycles. The van der Waals surface area contributed by atoms with E-state index in [1.165, 1.54) is 7.11 Å². The summed E-state index contributed by atoms with van der Waals surface area (Å²) < 4.78 is 5.06. The molecule has 1 N–H and O–H groups in total. The molecule has 0 aromatic heterocycles. The Morgan fingerprint density at radius 3 is 2.73 bits per heavy atom. The van der Waals surface area contributed by atoms with Crippen molar-refractivity contribution < 1.29 is 14.6 Å². The number of carboxylic acids is 1. The first-order valence-electron chi connectivity index (χ1n) is 3.92. The summed E-state index contributed by atoms with van der Waals surface area (Å²) in [6.45, 7) is 0. The average Bonchev–Trinajstić information content (AvgIpc) is 2.13. The van der Waals surface area contributed by atoms with E-state index in [9.17, 15) is 4.79 Å². The third kappa shape index (κ3) is 3.48. The second kappa shape index (κ2) is 5.49. The normalized spacial score (nSPS) is 10.1. The van der Waals surface area contributed by atoms with Gasteiger partial charge in [0.1, 0.15) is 0 Å². The van der Waals surface area contributed by atoms with Crippen LogP contribution in [0.25, 0.3) is 0 Å². The lowest BCUT2D eigenvalue weighted by Gasteiger charge is -2.09. The Kier molecular flexibility index (Phi) is 4.57. The number of hydrogen-bond acceptors (Lipinski definition) is 3. The van der Waals surface area contributed by atoms with Gasteiger partial charge < -0.3 is 9.84 Å². The molecule has 6 heteroatoms. The molecule has 3 nitrogen and oxygen atoms in total. The number of benzene rings is 1. The Labute approximate surface area is 101 Å². The molecule has 15 heavy (non-hydrogen) atoms. The molecule has 0 aliphatic rings. The van der Waals surface area contributed by atoms with Gasteiger partial charge in [0.25, 0.3) is 0 Å². The smallest absolute Gasteiger partial charge is 0.313 e. The Balaban J connectivity index is 2.98. The quantitative estimate of drug-likeness (QED) is 0.851. The summed E-state index contributed by atoms with van der Waals surface area (Å²) in [4.78, 5) is 11.0. The molecule has 0 heterocycles. The molecule has 0 bridgehead atoms. The van der Waals surface area contributed by atoms with Gasteiger partial charge in [-0.1, -0.05) is 23.2 Å². The van der Waals surface area contributed by atoms with Crippen LogP contribution in [0.1, 0.15) is 0 Å². The van der Waals surface area contributed by atoms with Crippen molar-refractivity contribution in [2.45, 2.75) is 4.90 Å². The van der Waals surface area contributed by atoms with Crippen molar-refractivity contribution in [2.24, 2.45) is 0 Å². The minimum Gasteiger partial charge on any atom is -0.494 e. The van der Waals surface area contributed by atoms with E-state index in [0.29, 0.717) is 20.7 Å². The fourth-order valence-electron chi connectivity index (χ4n) is 0.982. The molecule has 0 radical (unpaired) electrons. The molecule has 0 saturated carbocycles. The monoisotopic (exact) mass is 266 g/mol. The number of hydrogen-bond donors (Lipinski definition) is 1. The number of rotatable bonds is 4. The number of carbonyl (C=O) groups is 1.